The number of hydrogen-bond acceptors (Lipinski definition) is 4. The molecule has 1 aromatic carbocycles. The van der Waals surface area contributed by atoms with Crippen molar-refractivity contribution in [3.05, 3.63) is 65.4 Å². The van der Waals surface area contributed by atoms with Gasteiger partial charge >= 0.3 is 0 Å². The highest BCUT2D eigenvalue weighted by molar-refractivity contribution is 7.15. The lowest BCUT2D eigenvalue weighted by atomic mass is 10.1. The Kier molecular flexibility index (Phi) is 4.07. The fraction of sp³-hybridized carbons (Fsp3) is 0.263. The van der Waals surface area contributed by atoms with Crippen LogP contribution in [0.25, 0.3) is 10.6 Å². The SMILES string of the molecule is c1ccc2c(c1)CCCCN2Cc1cnc(-c2ccncc2)s1. The number of thiazole rings is 1. The van der Waals surface area contributed by atoms with Crippen LogP contribution in [0, 0.1) is 0 Å². The zero-order chi connectivity index (χ0) is 15.5. The average Bonchev–Trinajstić information content (AvgIpc) is 2.98. The van der Waals surface area contributed by atoms with Crippen LogP contribution in [0.5, 0.6) is 0 Å². The maximum absolute atomic E-state index is 4.60. The molecule has 4 rings (SSSR count). The first-order chi connectivity index (χ1) is 11.4. The minimum atomic E-state index is 0.944. The summed E-state index contributed by atoms with van der Waals surface area (Å²) in [5.41, 5.74) is 4.01. The fourth-order valence-corrected chi connectivity index (χ4v) is 4.06. The molecule has 4 heteroatoms. The number of nitrogens with zero attached hydrogens (tertiary/aromatic N) is 3. The lowest BCUT2D eigenvalue weighted by Crippen LogP contribution is -2.22. The lowest BCUT2D eigenvalue weighted by molar-refractivity contribution is 0.717. The van der Waals surface area contributed by atoms with Gasteiger partial charge in [0.25, 0.3) is 0 Å². The molecule has 0 saturated carbocycles. The lowest BCUT2D eigenvalue weighted by Gasteiger charge is -2.24. The first-order valence-corrected chi connectivity index (χ1v) is 8.90. The highest BCUT2D eigenvalue weighted by atomic mass is 32.1. The van der Waals surface area contributed by atoms with Crippen molar-refractivity contribution in [2.45, 2.75) is 25.8 Å². The number of para-hydroxylation sites is 1. The number of rotatable bonds is 3. The minimum absolute atomic E-state index is 0.944. The third-order valence-electron chi connectivity index (χ3n) is 4.28. The van der Waals surface area contributed by atoms with E-state index >= 15 is 0 Å². The van der Waals surface area contributed by atoms with Crippen LogP contribution in [0.3, 0.4) is 0 Å². The van der Waals surface area contributed by atoms with E-state index in [0.29, 0.717) is 0 Å². The number of anilines is 1. The molecule has 3 heterocycles. The number of aryl methyl sites for hydroxylation is 1. The number of benzene rings is 1. The topological polar surface area (TPSA) is 29.0 Å². The Morgan fingerprint density at radius 1 is 1.04 bits per heavy atom. The van der Waals surface area contributed by atoms with Crippen LogP contribution >= 0.6 is 11.3 Å². The molecule has 0 atom stereocenters. The molecular weight excluding hydrogens is 302 g/mol. The summed E-state index contributed by atoms with van der Waals surface area (Å²) in [4.78, 5) is 12.5. The van der Waals surface area contributed by atoms with Crippen LogP contribution in [0.1, 0.15) is 23.3 Å². The second-order valence-corrected chi connectivity index (χ2v) is 6.99. The molecule has 1 aliphatic heterocycles. The molecule has 0 fully saturated rings. The molecule has 116 valence electrons. The summed E-state index contributed by atoms with van der Waals surface area (Å²) in [6.45, 7) is 2.07. The molecule has 0 saturated heterocycles. The van der Waals surface area contributed by atoms with Crippen LogP contribution in [0.2, 0.25) is 0 Å². The van der Waals surface area contributed by atoms with E-state index in [0.717, 1.165) is 23.7 Å². The molecule has 3 aromatic rings. The Labute approximate surface area is 140 Å². The zero-order valence-corrected chi connectivity index (χ0v) is 13.8. The van der Waals surface area contributed by atoms with E-state index in [1.54, 1.807) is 11.3 Å². The van der Waals surface area contributed by atoms with Gasteiger partial charge in [0.05, 0.1) is 6.54 Å². The van der Waals surface area contributed by atoms with Crippen molar-refractivity contribution in [2.75, 3.05) is 11.4 Å². The third kappa shape index (κ3) is 3.13. The van der Waals surface area contributed by atoms with Crippen molar-refractivity contribution < 1.29 is 0 Å². The third-order valence-corrected chi connectivity index (χ3v) is 5.32. The van der Waals surface area contributed by atoms with Crippen molar-refractivity contribution in [3.8, 4) is 10.6 Å². The van der Waals surface area contributed by atoms with Crippen molar-refractivity contribution in [1.29, 1.82) is 0 Å². The van der Waals surface area contributed by atoms with Crippen molar-refractivity contribution in [2.24, 2.45) is 0 Å². The number of fused-ring (bicyclic) bond motifs is 1. The van der Waals surface area contributed by atoms with E-state index < -0.39 is 0 Å². The van der Waals surface area contributed by atoms with Gasteiger partial charge in [-0.15, -0.1) is 11.3 Å². The first kappa shape index (κ1) is 14.4. The van der Waals surface area contributed by atoms with Gasteiger partial charge in [-0.25, -0.2) is 4.98 Å². The van der Waals surface area contributed by atoms with E-state index in [-0.39, 0.29) is 0 Å². The quantitative estimate of drug-likeness (QED) is 0.709. The van der Waals surface area contributed by atoms with Gasteiger partial charge in [0, 0.05) is 41.3 Å². The fourth-order valence-electron chi connectivity index (χ4n) is 3.13. The van der Waals surface area contributed by atoms with Gasteiger partial charge in [0.2, 0.25) is 0 Å². The van der Waals surface area contributed by atoms with Gasteiger partial charge in [0.1, 0.15) is 5.01 Å². The predicted molar refractivity (Wildman–Crippen MR) is 95.8 cm³/mol. The minimum Gasteiger partial charge on any atom is -0.366 e. The van der Waals surface area contributed by atoms with Crippen LogP contribution in [-0.2, 0) is 13.0 Å². The zero-order valence-electron chi connectivity index (χ0n) is 13.0. The van der Waals surface area contributed by atoms with E-state index in [9.17, 15) is 0 Å². The largest absolute Gasteiger partial charge is 0.366 e. The molecule has 0 bridgehead atoms. The molecule has 0 aliphatic carbocycles. The van der Waals surface area contributed by atoms with Crippen LogP contribution in [0.4, 0.5) is 5.69 Å². The first-order valence-electron chi connectivity index (χ1n) is 8.08. The van der Waals surface area contributed by atoms with Crippen molar-refractivity contribution in [1.82, 2.24) is 9.97 Å². The second-order valence-electron chi connectivity index (χ2n) is 5.87. The van der Waals surface area contributed by atoms with Crippen molar-refractivity contribution >= 4 is 17.0 Å². The summed E-state index contributed by atoms with van der Waals surface area (Å²) >= 11 is 1.78. The average molecular weight is 321 g/mol. The van der Waals surface area contributed by atoms with Gasteiger partial charge in [-0.2, -0.15) is 0 Å². The summed E-state index contributed by atoms with van der Waals surface area (Å²) in [6.07, 6.45) is 9.39. The molecule has 0 unspecified atom stereocenters. The van der Waals surface area contributed by atoms with E-state index in [2.05, 4.69) is 39.1 Å². The van der Waals surface area contributed by atoms with E-state index in [4.69, 9.17) is 0 Å². The Hall–Kier alpha value is -2.20. The number of aromatic nitrogens is 2. The summed E-state index contributed by atoms with van der Waals surface area (Å²) in [6, 6.07) is 12.9. The normalized spacial score (nSPS) is 14.3. The van der Waals surface area contributed by atoms with Gasteiger partial charge in [-0.05, 0) is 43.0 Å². The maximum Gasteiger partial charge on any atom is 0.123 e. The summed E-state index contributed by atoms with van der Waals surface area (Å²) in [5.74, 6) is 0. The smallest absolute Gasteiger partial charge is 0.123 e. The molecule has 23 heavy (non-hydrogen) atoms. The molecule has 3 nitrogen and oxygen atoms in total. The van der Waals surface area contributed by atoms with Crippen LogP contribution in [-0.4, -0.2) is 16.5 Å². The summed E-state index contributed by atoms with van der Waals surface area (Å²) < 4.78 is 0. The summed E-state index contributed by atoms with van der Waals surface area (Å²) in [7, 11) is 0. The molecule has 0 amide bonds. The highest BCUT2D eigenvalue weighted by Gasteiger charge is 2.16. The second kappa shape index (κ2) is 6.50. The van der Waals surface area contributed by atoms with Crippen molar-refractivity contribution in [3.63, 3.8) is 0 Å². The highest BCUT2D eigenvalue weighted by Crippen LogP contribution is 2.30. The predicted octanol–water partition coefficient (Wildman–Crippen LogP) is 4.55. The van der Waals surface area contributed by atoms with Gasteiger partial charge in [-0.3, -0.25) is 4.98 Å². The molecular formula is C19H19N3S. The molecule has 0 spiro atoms. The number of hydrogen-bond donors (Lipinski definition) is 0. The van der Waals surface area contributed by atoms with E-state index in [1.165, 1.54) is 35.4 Å². The van der Waals surface area contributed by atoms with Crippen LogP contribution < -0.4 is 4.90 Å². The Bertz CT molecular complexity index is 782. The summed E-state index contributed by atoms with van der Waals surface area (Å²) in [5, 5.41) is 1.07. The number of pyridine rings is 1. The van der Waals surface area contributed by atoms with Gasteiger partial charge < -0.3 is 4.90 Å². The van der Waals surface area contributed by atoms with Gasteiger partial charge in [-0.1, -0.05) is 18.2 Å². The molecule has 2 aromatic heterocycles. The molecule has 0 N–H and O–H groups in total. The van der Waals surface area contributed by atoms with Crippen LogP contribution in [0.15, 0.2) is 55.0 Å². The Morgan fingerprint density at radius 2 is 1.91 bits per heavy atom. The molecule has 1 aliphatic rings. The van der Waals surface area contributed by atoms with E-state index in [1.807, 2.05) is 30.7 Å². The van der Waals surface area contributed by atoms with Gasteiger partial charge in [0.15, 0.2) is 0 Å². The maximum atomic E-state index is 4.60. The standard InChI is InChI=1S/C19H19N3S/c1-2-7-18-15(5-1)6-3-4-12-22(18)14-17-13-21-19(23-17)16-8-10-20-11-9-16/h1-2,5,7-11,13H,3-4,6,12,14H2. The monoisotopic (exact) mass is 321 g/mol. The Morgan fingerprint density at radius 3 is 2.83 bits per heavy atom. The Balaban J connectivity index is 1.58. The molecule has 0 radical (unpaired) electrons.